The summed E-state index contributed by atoms with van der Waals surface area (Å²) >= 11 is 0. The average Bonchev–Trinajstić information content (AvgIpc) is 1.62. The van der Waals surface area contributed by atoms with Crippen molar-refractivity contribution in [2.75, 3.05) is 0 Å². The van der Waals surface area contributed by atoms with Crippen LogP contribution in [0.5, 0.6) is 0 Å². The van der Waals surface area contributed by atoms with Crippen LogP contribution in [-0.4, -0.2) is 0 Å². The topological polar surface area (TPSA) is 459 Å². The van der Waals surface area contributed by atoms with E-state index in [9.17, 15) is 0 Å². The smallest absolute Gasteiger partial charge is 2.00 e. The predicted octanol–water partition coefficient (Wildman–Crippen LogP) is -11.8. The van der Waals surface area contributed by atoms with Gasteiger partial charge >= 0.3 is 109 Å². The molecular weight excluding hydrogens is 683 g/mol. The minimum Gasteiger partial charge on any atom is -2.00 e. The van der Waals surface area contributed by atoms with Gasteiger partial charge in [0.05, 0.1) is 0 Å². The van der Waals surface area contributed by atoms with Gasteiger partial charge in [-0.25, -0.2) is 0 Å². The molecule has 0 aromatic heterocycles. The fourth-order valence-electron chi connectivity index (χ4n) is 0. The average molecular weight is 683 g/mol. The zero-order valence-corrected chi connectivity index (χ0v) is 23.8. The Labute approximate surface area is 236 Å². The van der Waals surface area contributed by atoms with Crippen LogP contribution in [0.15, 0.2) is 0 Å². The molecule has 0 unspecified atom stereocenters. The van der Waals surface area contributed by atoms with Crippen LogP contribution in [-0.2, 0) is 149 Å². The molecule has 0 aromatic carbocycles. The van der Waals surface area contributed by atoms with Gasteiger partial charge in [-0.05, 0) is 0 Å². The molecule has 0 atom stereocenters. The summed E-state index contributed by atoms with van der Waals surface area (Å²) < 4.78 is 34.2. The van der Waals surface area contributed by atoms with Crippen LogP contribution in [0.1, 0.15) is 0 Å². The summed E-state index contributed by atoms with van der Waals surface area (Å²) in [5, 5.41) is 0. The molecule has 0 bridgehead atoms. The van der Waals surface area contributed by atoms with Gasteiger partial charge in [-0.3, -0.25) is 0 Å². The van der Waals surface area contributed by atoms with Crippen LogP contribution < -0.4 is 58.7 Å². The maximum atomic E-state index is 8.55. The fraction of sp³-hybridized carbons (Fsp3) is 0. The van der Waals surface area contributed by atoms with Crippen molar-refractivity contribution >= 4 is 31.3 Å². The molecule has 0 saturated heterocycles. The van der Waals surface area contributed by atoms with Gasteiger partial charge in [0, 0.05) is 0 Å². The molecule has 0 aliphatic heterocycles. The molecule has 0 aromatic rings. The zero-order valence-electron chi connectivity index (χ0n) is 12.5. The molecule has 0 spiro atoms. The molecule has 0 amide bonds. The first-order valence-corrected chi connectivity index (χ1v) is 8.76. The van der Waals surface area contributed by atoms with E-state index >= 15 is 0 Å². The first-order valence-electron chi connectivity index (χ1n) is 2.92. The van der Waals surface area contributed by atoms with E-state index in [2.05, 4.69) is 0 Å². The van der Waals surface area contributed by atoms with E-state index in [1.807, 2.05) is 0 Å². The van der Waals surface area contributed by atoms with Crippen LogP contribution in [0.2, 0.25) is 0 Å². The van der Waals surface area contributed by atoms with Crippen molar-refractivity contribution in [3.63, 3.8) is 0 Å². The molecule has 0 fully saturated rings. The van der Waals surface area contributed by atoms with Gasteiger partial charge in [-0.15, -0.1) is 0 Å². The van der Waals surface area contributed by atoms with Crippen molar-refractivity contribution < 1.29 is 207 Å². The van der Waals surface area contributed by atoms with E-state index in [0.29, 0.717) is 0 Å². The van der Waals surface area contributed by atoms with E-state index in [1.54, 1.807) is 0 Å². The van der Waals surface area contributed by atoms with Gasteiger partial charge in [0.1, 0.15) is 0 Å². The summed E-state index contributed by atoms with van der Waals surface area (Å²) in [6.45, 7) is 0. The van der Waals surface area contributed by atoms with Gasteiger partial charge in [0.2, 0.25) is 0 Å². The Morgan fingerprint density at radius 1 is 0.276 bits per heavy atom. The molecule has 0 heterocycles. The van der Waals surface area contributed by atoms with Crippen molar-refractivity contribution in [1.29, 1.82) is 0 Å². The second-order valence-electron chi connectivity index (χ2n) is 1.79. The zero-order chi connectivity index (χ0) is 18.0. The normalized spacial score (nSPS) is 8.14. The molecule has 0 N–H and O–H groups in total. The summed E-state index contributed by atoms with van der Waals surface area (Å²) in [7, 11) is -21.6. The van der Waals surface area contributed by atoms with Crippen LogP contribution in [0, 0.1) is 0 Å². The summed E-state index contributed by atoms with van der Waals surface area (Å²) in [6.07, 6.45) is 0. The predicted molar refractivity (Wildman–Crippen MR) is 33.2 cm³/mol. The van der Waals surface area contributed by atoms with Crippen molar-refractivity contribution in [3.8, 4) is 0 Å². The largest absolute Gasteiger partial charge is 4.00 e. The molecule has 0 radical (unpaired) electrons. The Balaban J connectivity index is -0.00000000970. The van der Waals surface area contributed by atoms with Crippen LogP contribution in [0.4, 0.5) is 0 Å². The van der Waals surface area contributed by atoms with Crippen LogP contribution >= 0.6 is 31.3 Å². The Morgan fingerprint density at radius 3 is 0.276 bits per heavy atom. The number of phosphoric acid groups is 4. The second-order valence-corrected chi connectivity index (χ2v) is 5.37. The van der Waals surface area contributed by atoms with Crippen molar-refractivity contribution in [1.82, 2.24) is 0 Å². The van der Waals surface area contributed by atoms with Gasteiger partial charge < -0.3 is 98.9 Å². The molecule has 0 saturated carbocycles. The minimum atomic E-state index is -5.39. The Hall–Kier alpha value is 3.85. The Bertz CT molecular complexity index is 300. The maximum Gasteiger partial charge on any atom is 4.00 e. The van der Waals surface area contributed by atoms with E-state index < -0.39 is 31.3 Å². The third kappa shape index (κ3) is 1910. The number of rotatable bonds is 0. The molecule has 29 heteroatoms. The molecule has 0 aliphatic rings. The van der Waals surface area contributed by atoms with Gasteiger partial charge in [-0.1, -0.05) is 0 Å². The Kier molecular flexibility index (Phi) is 114. The number of hydrogen-bond acceptors (Lipinski definition) is 16. The van der Waals surface area contributed by atoms with Gasteiger partial charge in [0.25, 0.3) is 0 Å². The second kappa shape index (κ2) is 39.1. The van der Waals surface area contributed by atoms with Crippen LogP contribution in [0.3, 0.4) is 0 Å². The Morgan fingerprint density at radius 2 is 0.276 bits per heavy atom. The molecule has 20 nitrogen and oxygen atoms in total. The molecule has 0 rings (SSSR count). The van der Waals surface area contributed by atoms with E-state index in [1.165, 1.54) is 0 Å². The molecule has 29 heavy (non-hydrogen) atoms. The van der Waals surface area contributed by atoms with Crippen molar-refractivity contribution in [2.45, 2.75) is 0 Å². The van der Waals surface area contributed by atoms with Crippen LogP contribution in [0.25, 0.3) is 0 Å². The third-order valence-corrected chi connectivity index (χ3v) is 0. The van der Waals surface area contributed by atoms with Gasteiger partial charge in [-0.2, -0.15) is 31.3 Å². The first-order chi connectivity index (χ1) is 8.00. The SMILES string of the molecule is O=P([O-])([O-])[O-].O=P([O-])([O-])[O-].O=P([O-])([O-])[O-].O=P([O-])([O-])[O-].[O-2].[O-2].[O-2].[O-2].[Ti+4].[Ti+4].[Ti+4].[Ti+4].[Ti+4]. The standard InChI is InChI=1S/4H3O4P.4O.5Ti/c4*1-5(2,3)4;;;;;;;;;/h4*(H3,1,2,3,4);;;;;;;;;/q;;;;4*-2;5*+4/p-12. The quantitative estimate of drug-likeness (QED) is 0.169. The van der Waals surface area contributed by atoms with E-state index in [-0.39, 0.29) is 130 Å². The summed E-state index contributed by atoms with van der Waals surface area (Å²) in [4.78, 5) is 103. The van der Waals surface area contributed by atoms with E-state index in [0.717, 1.165) is 0 Å². The first kappa shape index (κ1) is 84.6. The maximum absolute atomic E-state index is 8.55. The van der Waals surface area contributed by atoms with E-state index in [4.69, 9.17) is 77.0 Å². The minimum absolute atomic E-state index is 0. The number of hydrogen-bond donors (Lipinski definition) is 0. The summed E-state index contributed by atoms with van der Waals surface area (Å²) in [5.74, 6) is 0. The fourth-order valence-corrected chi connectivity index (χ4v) is 0. The third-order valence-electron chi connectivity index (χ3n) is 0. The molecule has 0 aliphatic carbocycles. The summed E-state index contributed by atoms with van der Waals surface area (Å²) in [6, 6.07) is 0. The van der Waals surface area contributed by atoms with Crippen molar-refractivity contribution in [3.05, 3.63) is 0 Å². The monoisotopic (exact) mass is 684 g/mol. The molecular formula is O20P4Ti5. The molecule has 160 valence electrons. The van der Waals surface area contributed by atoms with Crippen molar-refractivity contribution in [2.24, 2.45) is 0 Å². The van der Waals surface area contributed by atoms with Gasteiger partial charge in [0.15, 0.2) is 0 Å². The summed E-state index contributed by atoms with van der Waals surface area (Å²) in [5.41, 5.74) is 0.